The SMILES string of the molecule is CCCC(C)c1cc(F)c2cnn(C3CCS(=O)(=O)CC3)c2c1. The standard InChI is InChI=1S/C17H23FN2O2S/c1-3-4-12(2)13-9-16(18)15-11-19-20(17(15)10-13)14-5-7-23(21,22)8-6-14/h9-12,14H,3-8H2,1-2H3. The van der Waals surface area contributed by atoms with Crippen LogP contribution in [-0.2, 0) is 9.84 Å². The van der Waals surface area contributed by atoms with Crippen LogP contribution in [0, 0.1) is 5.82 Å². The Morgan fingerprint density at radius 2 is 2.04 bits per heavy atom. The van der Waals surface area contributed by atoms with Gasteiger partial charge in [-0.3, -0.25) is 4.68 Å². The highest BCUT2D eigenvalue weighted by Gasteiger charge is 2.26. The van der Waals surface area contributed by atoms with Crippen LogP contribution in [0.3, 0.4) is 0 Å². The maximum Gasteiger partial charge on any atom is 0.150 e. The van der Waals surface area contributed by atoms with Crippen molar-refractivity contribution in [2.45, 2.75) is 51.5 Å². The minimum atomic E-state index is -2.91. The van der Waals surface area contributed by atoms with Crippen molar-refractivity contribution in [2.24, 2.45) is 0 Å². The van der Waals surface area contributed by atoms with E-state index in [0.717, 1.165) is 23.9 Å². The number of aromatic nitrogens is 2. The van der Waals surface area contributed by atoms with Crippen LogP contribution in [0.2, 0.25) is 0 Å². The number of sulfone groups is 1. The zero-order valence-electron chi connectivity index (χ0n) is 13.6. The number of halogens is 1. The van der Waals surface area contributed by atoms with Crippen molar-refractivity contribution < 1.29 is 12.8 Å². The highest BCUT2D eigenvalue weighted by Crippen LogP contribution is 2.31. The summed E-state index contributed by atoms with van der Waals surface area (Å²) < 4.78 is 39.4. The molecule has 0 N–H and O–H groups in total. The third-order valence-electron chi connectivity index (χ3n) is 4.85. The second kappa shape index (κ2) is 6.23. The van der Waals surface area contributed by atoms with Crippen molar-refractivity contribution in [1.29, 1.82) is 0 Å². The van der Waals surface area contributed by atoms with Crippen LogP contribution in [0.25, 0.3) is 10.9 Å². The first-order valence-corrected chi connectivity index (χ1v) is 10.1. The molecular formula is C17H23FN2O2S. The number of fused-ring (bicyclic) bond motifs is 1. The van der Waals surface area contributed by atoms with Crippen molar-refractivity contribution >= 4 is 20.7 Å². The average Bonchev–Trinajstić information content (AvgIpc) is 2.92. The van der Waals surface area contributed by atoms with E-state index in [1.165, 1.54) is 0 Å². The molecule has 0 radical (unpaired) electrons. The summed E-state index contributed by atoms with van der Waals surface area (Å²) in [4.78, 5) is 0. The van der Waals surface area contributed by atoms with Crippen LogP contribution < -0.4 is 0 Å². The van der Waals surface area contributed by atoms with Gasteiger partial charge in [-0.05, 0) is 42.9 Å². The first kappa shape index (κ1) is 16.4. The van der Waals surface area contributed by atoms with Crippen LogP contribution in [-0.4, -0.2) is 29.7 Å². The predicted octanol–water partition coefficient (Wildman–Crippen LogP) is 3.83. The third-order valence-corrected chi connectivity index (χ3v) is 6.56. The van der Waals surface area contributed by atoms with Crippen molar-refractivity contribution in [3.05, 3.63) is 29.7 Å². The normalized spacial score (nSPS) is 20.0. The molecule has 1 aliphatic rings. The summed E-state index contributed by atoms with van der Waals surface area (Å²) in [6.07, 6.45) is 4.73. The van der Waals surface area contributed by atoms with Crippen LogP contribution in [0.1, 0.15) is 57.1 Å². The molecule has 6 heteroatoms. The molecule has 0 amide bonds. The number of hydrogen-bond acceptors (Lipinski definition) is 3. The lowest BCUT2D eigenvalue weighted by molar-refractivity contribution is 0.424. The molecule has 1 aromatic carbocycles. The van der Waals surface area contributed by atoms with Gasteiger partial charge in [0.1, 0.15) is 15.7 Å². The Bertz CT molecular complexity index is 799. The lowest BCUT2D eigenvalue weighted by Crippen LogP contribution is -2.26. The summed E-state index contributed by atoms with van der Waals surface area (Å²) in [6, 6.07) is 3.67. The zero-order chi connectivity index (χ0) is 16.6. The van der Waals surface area contributed by atoms with E-state index in [9.17, 15) is 12.8 Å². The molecule has 1 aliphatic heterocycles. The van der Waals surface area contributed by atoms with Crippen molar-refractivity contribution in [3.63, 3.8) is 0 Å². The van der Waals surface area contributed by atoms with E-state index in [0.29, 0.717) is 24.1 Å². The molecule has 0 aliphatic carbocycles. The van der Waals surface area contributed by atoms with Gasteiger partial charge in [-0.1, -0.05) is 20.3 Å². The molecule has 1 saturated heterocycles. The Morgan fingerprint density at radius 3 is 2.70 bits per heavy atom. The van der Waals surface area contributed by atoms with Crippen molar-refractivity contribution in [2.75, 3.05) is 11.5 Å². The number of rotatable bonds is 4. The van der Waals surface area contributed by atoms with E-state index < -0.39 is 9.84 Å². The van der Waals surface area contributed by atoms with Gasteiger partial charge in [0.05, 0.1) is 34.6 Å². The van der Waals surface area contributed by atoms with E-state index >= 15 is 0 Å². The summed E-state index contributed by atoms with van der Waals surface area (Å²) in [5.74, 6) is 0.435. The molecule has 1 unspecified atom stereocenters. The molecule has 3 rings (SSSR count). The largest absolute Gasteiger partial charge is 0.262 e. The fourth-order valence-corrected chi connectivity index (χ4v) is 4.89. The summed E-state index contributed by atoms with van der Waals surface area (Å²) in [5.41, 5.74) is 1.77. The number of hydrogen-bond donors (Lipinski definition) is 0. The molecule has 1 atom stereocenters. The van der Waals surface area contributed by atoms with E-state index in [2.05, 4.69) is 18.9 Å². The third kappa shape index (κ3) is 3.27. The molecule has 1 aromatic heterocycles. The Balaban J connectivity index is 1.98. The van der Waals surface area contributed by atoms with Gasteiger partial charge < -0.3 is 0 Å². The molecule has 1 fully saturated rings. The smallest absolute Gasteiger partial charge is 0.150 e. The van der Waals surface area contributed by atoms with E-state index in [-0.39, 0.29) is 23.4 Å². The molecule has 23 heavy (non-hydrogen) atoms. The predicted molar refractivity (Wildman–Crippen MR) is 89.9 cm³/mol. The van der Waals surface area contributed by atoms with Gasteiger partial charge in [-0.15, -0.1) is 0 Å². The summed E-state index contributed by atoms with van der Waals surface area (Å²) in [7, 11) is -2.91. The average molecular weight is 338 g/mol. The van der Waals surface area contributed by atoms with Crippen molar-refractivity contribution in [3.8, 4) is 0 Å². The van der Waals surface area contributed by atoms with Gasteiger partial charge in [0, 0.05) is 0 Å². The fraction of sp³-hybridized carbons (Fsp3) is 0.588. The second-order valence-electron chi connectivity index (χ2n) is 6.60. The second-order valence-corrected chi connectivity index (χ2v) is 8.90. The lowest BCUT2D eigenvalue weighted by Gasteiger charge is -2.23. The van der Waals surface area contributed by atoms with E-state index in [1.54, 1.807) is 12.3 Å². The van der Waals surface area contributed by atoms with Crippen LogP contribution in [0.5, 0.6) is 0 Å². The summed E-state index contributed by atoms with van der Waals surface area (Å²) in [5, 5.41) is 4.88. The molecule has 2 heterocycles. The van der Waals surface area contributed by atoms with E-state index in [4.69, 9.17) is 0 Å². The van der Waals surface area contributed by atoms with Gasteiger partial charge in [-0.2, -0.15) is 5.10 Å². The minimum Gasteiger partial charge on any atom is -0.262 e. The first-order valence-electron chi connectivity index (χ1n) is 8.28. The molecule has 0 saturated carbocycles. The number of nitrogens with zero attached hydrogens (tertiary/aromatic N) is 2. The van der Waals surface area contributed by atoms with Crippen LogP contribution >= 0.6 is 0 Å². The van der Waals surface area contributed by atoms with Gasteiger partial charge in [0.15, 0.2) is 0 Å². The molecular weight excluding hydrogens is 315 g/mol. The van der Waals surface area contributed by atoms with Crippen LogP contribution in [0.15, 0.2) is 18.3 Å². The highest BCUT2D eigenvalue weighted by atomic mass is 32.2. The Labute approximate surface area is 136 Å². The topological polar surface area (TPSA) is 52.0 Å². The maximum atomic E-state index is 14.4. The van der Waals surface area contributed by atoms with Gasteiger partial charge in [0.2, 0.25) is 0 Å². The Morgan fingerprint density at radius 1 is 1.35 bits per heavy atom. The Kier molecular flexibility index (Phi) is 4.45. The van der Waals surface area contributed by atoms with Gasteiger partial charge in [0.25, 0.3) is 0 Å². The van der Waals surface area contributed by atoms with E-state index in [1.807, 2.05) is 10.7 Å². The van der Waals surface area contributed by atoms with Gasteiger partial charge in [-0.25, -0.2) is 12.8 Å². The summed E-state index contributed by atoms with van der Waals surface area (Å²) >= 11 is 0. The lowest BCUT2D eigenvalue weighted by atomic mass is 9.95. The molecule has 2 aromatic rings. The Hall–Kier alpha value is -1.43. The monoisotopic (exact) mass is 338 g/mol. The molecule has 0 spiro atoms. The minimum absolute atomic E-state index is 0.0344. The van der Waals surface area contributed by atoms with Gasteiger partial charge >= 0.3 is 0 Å². The fourth-order valence-electron chi connectivity index (χ4n) is 3.42. The number of benzene rings is 1. The molecule has 126 valence electrons. The molecule has 0 bridgehead atoms. The maximum absolute atomic E-state index is 14.4. The quantitative estimate of drug-likeness (QED) is 0.851. The highest BCUT2D eigenvalue weighted by molar-refractivity contribution is 7.91. The first-order chi connectivity index (χ1) is 10.9. The van der Waals surface area contributed by atoms with Crippen LogP contribution in [0.4, 0.5) is 4.39 Å². The summed E-state index contributed by atoms with van der Waals surface area (Å²) in [6.45, 7) is 4.23. The van der Waals surface area contributed by atoms with Crippen molar-refractivity contribution in [1.82, 2.24) is 9.78 Å². The molecule has 4 nitrogen and oxygen atoms in total. The zero-order valence-corrected chi connectivity index (χ0v) is 14.4.